The van der Waals surface area contributed by atoms with Crippen LogP contribution in [0.15, 0.2) is 42.2 Å². The van der Waals surface area contributed by atoms with E-state index in [0.29, 0.717) is 30.0 Å². The van der Waals surface area contributed by atoms with Crippen LogP contribution in [-0.4, -0.2) is 30.6 Å². The first-order valence-corrected chi connectivity index (χ1v) is 9.42. The molecule has 0 aliphatic carbocycles. The quantitative estimate of drug-likeness (QED) is 0.738. The Balaban J connectivity index is 1.90. The van der Waals surface area contributed by atoms with Gasteiger partial charge in [-0.05, 0) is 56.7 Å². The molecule has 0 saturated heterocycles. The molecule has 5 heteroatoms. The average Bonchev–Trinajstić information content (AvgIpc) is 2.99. The number of phenolic OH excluding ortho intramolecular Hbond substituents is 1. The number of carbonyl (C=O) groups is 1. The van der Waals surface area contributed by atoms with Crippen LogP contribution in [0.2, 0.25) is 0 Å². The van der Waals surface area contributed by atoms with E-state index >= 15 is 0 Å². The van der Waals surface area contributed by atoms with Gasteiger partial charge in [0.25, 0.3) is 0 Å². The zero-order valence-electron chi connectivity index (χ0n) is 16.0. The van der Waals surface area contributed by atoms with E-state index in [1.54, 1.807) is 18.2 Å². The van der Waals surface area contributed by atoms with Gasteiger partial charge in [0.05, 0.1) is 30.8 Å². The summed E-state index contributed by atoms with van der Waals surface area (Å²) in [6.07, 6.45) is 1.73. The Labute approximate surface area is 159 Å². The maximum absolute atomic E-state index is 12.8. The predicted octanol–water partition coefficient (Wildman–Crippen LogP) is 2.83. The van der Waals surface area contributed by atoms with E-state index in [0.717, 1.165) is 24.4 Å². The fourth-order valence-corrected chi connectivity index (χ4v) is 3.20. The number of ether oxygens (including phenoxy) is 2. The van der Waals surface area contributed by atoms with E-state index < -0.39 is 0 Å². The van der Waals surface area contributed by atoms with Gasteiger partial charge in [-0.3, -0.25) is 4.79 Å². The number of hydrogen-bond donors (Lipinski definition) is 2. The standard InChI is InChI=1S/C22H25NO4/c1-4-23(5-2)14-18-19(24)12-11-17-21(25)20(27-22(17)18)13-15-7-9-16(10-8-15)26-6-3/h7-13,24H,4-6,14H2,1-3H3/p+1/b20-13-. The number of fused-ring (bicyclic) bond motifs is 1. The summed E-state index contributed by atoms with van der Waals surface area (Å²) in [6, 6.07) is 10.7. The summed E-state index contributed by atoms with van der Waals surface area (Å²) in [5, 5.41) is 10.3. The second-order valence-electron chi connectivity index (χ2n) is 6.52. The maximum Gasteiger partial charge on any atom is 0.231 e. The number of carbonyl (C=O) groups excluding carboxylic acids is 1. The zero-order valence-corrected chi connectivity index (χ0v) is 16.0. The minimum absolute atomic E-state index is 0.158. The van der Waals surface area contributed by atoms with Crippen molar-refractivity contribution in [3.8, 4) is 17.2 Å². The van der Waals surface area contributed by atoms with Gasteiger partial charge in [-0.1, -0.05) is 12.1 Å². The Morgan fingerprint density at radius 2 is 1.78 bits per heavy atom. The van der Waals surface area contributed by atoms with Crippen molar-refractivity contribution >= 4 is 11.9 Å². The van der Waals surface area contributed by atoms with Crippen LogP contribution in [0.3, 0.4) is 0 Å². The molecule has 5 nitrogen and oxygen atoms in total. The van der Waals surface area contributed by atoms with Crippen LogP contribution in [0.4, 0.5) is 0 Å². The van der Waals surface area contributed by atoms with Crippen molar-refractivity contribution in [1.82, 2.24) is 0 Å². The zero-order chi connectivity index (χ0) is 19.4. The van der Waals surface area contributed by atoms with E-state index in [1.807, 2.05) is 31.2 Å². The molecule has 0 spiro atoms. The summed E-state index contributed by atoms with van der Waals surface area (Å²) in [7, 11) is 0. The van der Waals surface area contributed by atoms with Crippen molar-refractivity contribution in [2.24, 2.45) is 0 Å². The molecule has 1 aliphatic heterocycles. The maximum atomic E-state index is 12.8. The normalized spacial score (nSPS) is 14.5. The first kappa shape index (κ1) is 19.0. The van der Waals surface area contributed by atoms with E-state index in [1.165, 1.54) is 4.90 Å². The molecule has 1 aliphatic rings. The number of aromatic hydroxyl groups is 1. The summed E-state index contributed by atoms with van der Waals surface area (Å²) in [5.74, 6) is 1.56. The minimum atomic E-state index is -0.158. The van der Waals surface area contributed by atoms with Crippen LogP contribution in [0.25, 0.3) is 6.08 Å². The van der Waals surface area contributed by atoms with Crippen molar-refractivity contribution in [2.45, 2.75) is 27.3 Å². The molecule has 3 rings (SSSR count). The highest BCUT2D eigenvalue weighted by Crippen LogP contribution is 2.39. The van der Waals surface area contributed by atoms with Crippen LogP contribution >= 0.6 is 0 Å². The molecule has 1 heterocycles. The number of ketones is 1. The average molecular weight is 368 g/mol. The molecular formula is C22H26NO4+. The van der Waals surface area contributed by atoms with Crippen molar-refractivity contribution in [2.75, 3.05) is 19.7 Å². The number of allylic oxidation sites excluding steroid dienone is 1. The number of benzene rings is 2. The molecule has 0 radical (unpaired) electrons. The molecule has 0 bridgehead atoms. The van der Waals surface area contributed by atoms with Gasteiger partial charge in [-0.15, -0.1) is 0 Å². The van der Waals surface area contributed by atoms with Crippen LogP contribution in [-0.2, 0) is 6.54 Å². The molecule has 0 atom stereocenters. The monoisotopic (exact) mass is 368 g/mol. The van der Waals surface area contributed by atoms with Gasteiger partial charge in [-0.2, -0.15) is 0 Å². The highest BCUT2D eigenvalue weighted by Gasteiger charge is 2.32. The van der Waals surface area contributed by atoms with E-state index in [-0.39, 0.29) is 17.3 Å². The lowest BCUT2D eigenvalue weighted by atomic mass is 10.0. The molecule has 0 unspecified atom stereocenters. The lowest BCUT2D eigenvalue weighted by Crippen LogP contribution is -3.10. The van der Waals surface area contributed by atoms with Crippen molar-refractivity contribution in [3.63, 3.8) is 0 Å². The molecule has 0 saturated carbocycles. The Morgan fingerprint density at radius 1 is 1.07 bits per heavy atom. The molecule has 142 valence electrons. The second kappa shape index (κ2) is 8.27. The molecular weight excluding hydrogens is 342 g/mol. The third-order valence-corrected chi connectivity index (χ3v) is 4.83. The van der Waals surface area contributed by atoms with Crippen LogP contribution in [0, 0.1) is 0 Å². The predicted molar refractivity (Wildman–Crippen MR) is 104 cm³/mol. The number of phenols is 1. The Kier molecular flexibility index (Phi) is 5.81. The molecule has 0 amide bonds. The van der Waals surface area contributed by atoms with Crippen molar-refractivity contribution < 1.29 is 24.3 Å². The summed E-state index contributed by atoms with van der Waals surface area (Å²) >= 11 is 0. The topological polar surface area (TPSA) is 60.2 Å². The molecule has 2 aromatic carbocycles. The minimum Gasteiger partial charge on any atom is -0.507 e. The van der Waals surface area contributed by atoms with Crippen LogP contribution in [0.1, 0.15) is 42.3 Å². The Morgan fingerprint density at radius 3 is 2.41 bits per heavy atom. The number of Topliss-reactive ketones (excluding diaryl/α,β-unsaturated/α-hetero) is 1. The summed E-state index contributed by atoms with van der Waals surface area (Å²) in [5.41, 5.74) is 2.05. The number of hydrogen-bond acceptors (Lipinski definition) is 4. The van der Waals surface area contributed by atoms with E-state index in [9.17, 15) is 9.90 Å². The first-order valence-electron chi connectivity index (χ1n) is 9.42. The Bertz CT molecular complexity index is 851. The number of quaternary nitrogens is 1. The van der Waals surface area contributed by atoms with Gasteiger partial charge in [0.2, 0.25) is 5.78 Å². The van der Waals surface area contributed by atoms with Gasteiger partial charge in [0.1, 0.15) is 18.0 Å². The molecule has 2 aromatic rings. The SMILES string of the molecule is CCOc1ccc(/C=C2\Oc3c(ccc(O)c3C[NH+](CC)CC)C2=O)cc1. The fraction of sp³-hybridized carbons (Fsp3) is 0.318. The van der Waals surface area contributed by atoms with Crippen LogP contribution < -0.4 is 14.4 Å². The van der Waals surface area contributed by atoms with Crippen molar-refractivity contribution in [3.05, 3.63) is 58.8 Å². The summed E-state index contributed by atoms with van der Waals surface area (Å²) in [6.45, 7) is 9.23. The second-order valence-corrected chi connectivity index (χ2v) is 6.52. The lowest BCUT2D eigenvalue weighted by molar-refractivity contribution is -0.910. The fourth-order valence-electron chi connectivity index (χ4n) is 3.20. The highest BCUT2D eigenvalue weighted by atomic mass is 16.5. The summed E-state index contributed by atoms with van der Waals surface area (Å²) in [4.78, 5) is 14.1. The first-order chi connectivity index (χ1) is 13.1. The summed E-state index contributed by atoms with van der Waals surface area (Å²) < 4.78 is 11.4. The van der Waals surface area contributed by atoms with Gasteiger partial charge in [0.15, 0.2) is 11.5 Å². The van der Waals surface area contributed by atoms with Crippen LogP contribution in [0.5, 0.6) is 17.2 Å². The van der Waals surface area contributed by atoms with Gasteiger partial charge in [-0.25, -0.2) is 0 Å². The highest BCUT2D eigenvalue weighted by molar-refractivity contribution is 6.14. The third kappa shape index (κ3) is 3.98. The smallest absolute Gasteiger partial charge is 0.231 e. The lowest BCUT2D eigenvalue weighted by Gasteiger charge is -2.17. The van der Waals surface area contributed by atoms with Gasteiger partial charge >= 0.3 is 0 Å². The van der Waals surface area contributed by atoms with E-state index in [4.69, 9.17) is 9.47 Å². The number of rotatable bonds is 7. The molecule has 27 heavy (non-hydrogen) atoms. The Hall–Kier alpha value is -2.79. The number of nitrogens with one attached hydrogen (secondary N) is 1. The van der Waals surface area contributed by atoms with E-state index in [2.05, 4.69) is 13.8 Å². The molecule has 0 aromatic heterocycles. The van der Waals surface area contributed by atoms with Gasteiger partial charge in [0, 0.05) is 0 Å². The third-order valence-electron chi connectivity index (χ3n) is 4.83. The van der Waals surface area contributed by atoms with Gasteiger partial charge < -0.3 is 19.5 Å². The van der Waals surface area contributed by atoms with Crippen molar-refractivity contribution in [1.29, 1.82) is 0 Å². The molecule has 2 N–H and O–H groups in total. The molecule has 0 fully saturated rings. The largest absolute Gasteiger partial charge is 0.507 e.